The second kappa shape index (κ2) is 11.9. The molecular formula is C33H19Cl3F5N3O8. The van der Waals surface area contributed by atoms with E-state index >= 15 is 8.78 Å². The van der Waals surface area contributed by atoms with Crippen LogP contribution in [-0.4, -0.2) is 50.5 Å². The molecule has 11 nitrogen and oxygen atoms in total. The monoisotopic (exact) mass is 785 g/mol. The average molecular weight is 787 g/mol. The first-order chi connectivity index (χ1) is 24.4. The molecule has 0 radical (unpaired) electrons. The van der Waals surface area contributed by atoms with Crippen LogP contribution < -0.4 is 14.5 Å². The zero-order valence-electron chi connectivity index (χ0n) is 25.9. The summed E-state index contributed by atoms with van der Waals surface area (Å²) in [6.45, 7) is 0. The van der Waals surface area contributed by atoms with Gasteiger partial charge in [-0.1, -0.05) is 29.3 Å². The second-order valence-corrected chi connectivity index (χ2v) is 14.2. The number of phenolic OH excluding ortho intramolecular Hbond substituents is 1. The molecule has 2 aliphatic heterocycles. The Morgan fingerprint density at radius 2 is 1.54 bits per heavy atom. The number of rotatable bonds is 5. The molecule has 0 bridgehead atoms. The van der Waals surface area contributed by atoms with Crippen LogP contribution in [-0.2, 0) is 19.2 Å². The largest absolute Gasteiger partial charge is 0.503 e. The maximum Gasteiger partial charge on any atom is 0.271 e. The van der Waals surface area contributed by atoms with Crippen molar-refractivity contribution in [2.24, 2.45) is 17.8 Å². The number of ether oxygens (including phenoxy) is 1. The number of allylic oxidation sites excluding steroid dienone is 2. The Balaban J connectivity index is 1.44. The van der Waals surface area contributed by atoms with Crippen molar-refractivity contribution >= 4 is 75.5 Å². The van der Waals surface area contributed by atoms with Crippen molar-refractivity contribution < 1.29 is 55.9 Å². The summed E-state index contributed by atoms with van der Waals surface area (Å²) in [6, 6.07) is 6.95. The smallest absolute Gasteiger partial charge is 0.271 e. The van der Waals surface area contributed by atoms with Gasteiger partial charge < -0.3 is 9.84 Å². The van der Waals surface area contributed by atoms with Gasteiger partial charge in [0, 0.05) is 18.1 Å². The average Bonchev–Trinajstić information content (AvgIpc) is 3.45. The van der Waals surface area contributed by atoms with E-state index in [4.69, 9.17) is 39.5 Å². The number of imide groups is 2. The van der Waals surface area contributed by atoms with Crippen LogP contribution in [0.1, 0.15) is 24.3 Å². The fourth-order valence-corrected chi connectivity index (χ4v) is 9.01. The molecule has 1 saturated carbocycles. The highest BCUT2D eigenvalue weighted by molar-refractivity contribution is 6.58. The van der Waals surface area contributed by atoms with Crippen LogP contribution in [0.2, 0.25) is 5.02 Å². The molecule has 7 rings (SSSR count). The van der Waals surface area contributed by atoms with E-state index in [9.17, 15) is 47.6 Å². The normalized spacial score (nSPS) is 28.1. The van der Waals surface area contributed by atoms with E-state index < -0.39 is 115 Å². The van der Waals surface area contributed by atoms with Gasteiger partial charge in [-0.2, -0.15) is 0 Å². The van der Waals surface area contributed by atoms with Crippen LogP contribution in [0.3, 0.4) is 0 Å². The Hall–Kier alpha value is -4.80. The molecule has 1 N–H and O–H groups in total. The maximum absolute atomic E-state index is 15.2. The number of nitrogens with zero attached hydrogens (tertiary/aromatic N) is 3. The second-order valence-electron chi connectivity index (χ2n) is 12.5. The molecule has 0 spiro atoms. The molecule has 6 atom stereocenters. The first-order valence-electron chi connectivity index (χ1n) is 15.1. The van der Waals surface area contributed by atoms with E-state index in [2.05, 4.69) is 0 Å². The van der Waals surface area contributed by atoms with E-state index in [0.29, 0.717) is 0 Å². The highest BCUT2D eigenvalue weighted by atomic mass is 35.5. The van der Waals surface area contributed by atoms with Gasteiger partial charge in [-0.3, -0.25) is 29.3 Å². The van der Waals surface area contributed by atoms with Gasteiger partial charge in [0.2, 0.25) is 17.6 Å². The number of anilines is 2. The fraction of sp³-hybridized carbons (Fsp3) is 0.273. The third kappa shape index (κ3) is 4.49. The van der Waals surface area contributed by atoms with E-state index in [-0.39, 0.29) is 38.9 Å². The van der Waals surface area contributed by atoms with E-state index in [1.54, 1.807) is 0 Å². The lowest BCUT2D eigenvalue weighted by Gasteiger charge is -2.50. The van der Waals surface area contributed by atoms with Crippen LogP contribution in [0.15, 0.2) is 48.0 Å². The number of methoxy groups -OCH3 is 1. The van der Waals surface area contributed by atoms with E-state index in [1.165, 1.54) is 18.2 Å². The number of halogens is 8. The van der Waals surface area contributed by atoms with Crippen LogP contribution in [0.4, 0.5) is 39.0 Å². The van der Waals surface area contributed by atoms with Gasteiger partial charge in [-0.15, -0.1) is 23.2 Å². The summed E-state index contributed by atoms with van der Waals surface area (Å²) in [5.41, 5.74) is -2.50. The van der Waals surface area contributed by atoms with Gasteiger partial charge in [-0.25, -0.2) is 31.8 Å². The molecule has 2 heterocycles. The third-order valence-corrected chi connectivity index (χ3v) is 11.8. The van der Waals surface area contributed by atoms with Gasteiger partial charge in [0.1, 0.15) is 5.69 Å². The minimum absolute atomic E-state index is 0.0956. The number of carbonyl (C=O) groups excluding carboxylic acids is 4. The molecule has 2 saturated heterocycles. The fourth-order valence-electron chi connectivity index (χ4n) is 7.86. The number of nitro groups is 1. The lowest BCUT2D eigenvalue weighted by molar-refractivity contribution is -0.384. The van der Waals surface area contributed by atoms with Crippen molar-refractivity contribution in [1.29, 1.82) is 0 Å². The number of aromatic hydroxyl groups is 1. The first kappa shape index (κ1) is 35.6. The number of benzene rings is 3. The molecule has 0 aromatic heterocycles. The highest BCUT2D eigenvalue weighted by Crippen LogP contribution is 2.66. The standard InChI is InChI=1S/C33H19Cl3F5N3O8/c1-52-18-8-11(7-17(34)27(18)45)20-14-5-6-15-19(29(47)42(28(15)46)12-3-2-4-13(9-12)44(50)51)16(14)10-32(35)30(48)43(31(49)33(20,32)36)26-24(40)22(38)21(37)23(39)25(26)41/h2-5,7-9,15-16,19-20,45H,6,10H2,1H3. The summed E-state index contributed by atoms with van der Waals surface area (Å²) in [5, 5.41) is 21.6. The van der Waals surface area contributed by atoms with Crippen LogP contribution in [0.5, 0.6) is 11.5 Å². The maximum atomic E-state index is 15.2. The lowest BCUT2D eigenvalue weighted by Crippen LogP contribution is -2.60. The van der Waals surface area contributed by atoms with Crippen molar-refractivity contribution in [3.8, 4) is 11.5 Å². The predicted octanol–water partition coefficient (Wildman–Crippen LogP) is 6.43. The number of non-ortho nitro benzene ring substituents is 1. The third-order valence-electron chi connectivity index (χ3n) is 10.1. The van der Waals surface area contributed by atoms with Crippen LogP contribution >= 0.6 is 34.8 Å². The molecule has 270 valence electrons. The van der Waals surface area contributed by atoms with Crippen molar-refractivity contribution in [2.75, 3.05) is 16.9 Å². The van der Waals surface area contributed by atoms with Crippen molar-refractivity contribution in [1.82, 2.24) is 0 Å². The summed E-state index contributed by atoms with van der Waals surface area (Å²) >= 11 is 20.5. The Bertz CT molecular complexity index is 2210. The zero-order valence-corrected chi connectivity index (χ0v) is 28.2. The number of carbonyl (C=O) groups is 4. The summed E-state index contributed by atoms with van der Waals surface area (Å²) < 4.78 is 78.6. The van der Waals surface area contributed by atoms with Gasteiger partial charge in [0.15, 0.2) is 44.5 Å². The quantitative estimate of drug-likeness (QED) is 0.0456. The van der Waals surface area contributed by atoms with Gasteiger partial charge >= 0.3 is 0 Å². The minimum Gasteiger partial charge on any atom is -0.503 e. The van der Waals surface area contributed by atoms with E-state index in [1.807, 2.05) is 0 Å². The molecular weight excluding hydrogens is 768 g/mol. The predicted molar refractivity (Wildman–Crippen MR) is 172 cm³/mol. The Morgan fingerprint density at radius 3 is 2.15 bits per heavy atom. The summed E-state index contributed by atoms with van der Waals surface area (Å²) in [7, 11) is 1.14. The van der Waals surface area contributed by atoms with Crippen molar-refractivity contribution in [3.63, 3.8) is 0 Å². The molecule has 6 unspecified atom stereocenters. The van der Waals surface area contributed by atoms with Crippen LogP contribution in [0.25, 0.3) is 0 Å². The number of hydrogen-bond acceptors (Lipinski definition) is 8. The number of nitro benzene ring substituents is 1. The molecule has 52 heavy (non-hydrogen) atoms. The lowest BCUT2D eigenvalue weighted by atomic mass is 9.56. The number of alkyl halides is 2. The van der Waals surface area contributed by atoms with Crippen molar-refractivity contribution in [2.45, 2.75) is 28.5 Å². The van der Waals surface area contributed by atoms with Gasteiger partial charge in [0.25, 0.3) is 17.5 Å². The summed E-state index contributed by atoms with van der Waals surface area (Å²) in [5.74, 6) is -23.9. The number of hydrogen-bond donors (Lipinski definition) is 1. The number of phenols is 1. The Kier molecular flexibility index (Phi) is 8.12. The van der Waals surface area contributed by atoms with Crippen LogP contribution in [0, 0.1) is 57.0 Å². The molecule has 3 aromatic carbocycles. The summed E-state index contributed by atoms with van der Waals surface area (Å²) in [6.07, 6.45) is 0.492. The minimum atomic E-state index is -2.84. The zero-order chi connectivity index (χ0) is 37.9. The highest BCUT2D eigenvalue weighted by Gasteiger charge is 2.77. The number of fused-ring (bicyclic) bond motifs is 4. The Labute approximate surface area is 303 Å². The molecule has 3 aromatic rings. The van der Waals surface area contributed by atoms with E-state index in [0.717, 1.165) is 36.3 Å². The molecule has 19 heteroatoms. The Morgan fingerprint density at radius 1 is 0.904 bits per heavy atom. The topological polar surface area (TPSA) is 147 Å². The molecule has 3 fully saturated rings. The molecule has 4 aliphatic rings. The SMILES string of the molecule is COc1cc(C2C3=CCC4C(=O)N(c5cccc([N+](=O)[O-])c5)C(=O)C4C3CC3(Cl)C(=O)N(c4c(F)c(F)c(F)c(F)c4F)C(=O)C23Cl)cc(Cl)c1O. The molecule has 2 aliphatic carbocycles. The van der Waals surface area contributed by atoms with Crippen molar-refractivity contribution in [3.05, 3.63) is 97.8 Å². The number of amides is 4. The van der Waals surface area contributed by atoms with Gasteiger partial charge in [0.05, 0.1) is 34.6 Å². The summed E-state index contributed by atoms with van der Waals surface area (Å²) in [4.78, 5) is 62.2. The van der Waals surface area contributed by atoms with Gasteiger partial charge in [-0.05, 0) is 42.5 Å². The molecule has 4 amide bonds. The first-order valence-corrected chi connectivity index (χ1v) is 16.2.